The number of benzene rings is 2. The van der Waals surface area contributed by atoms with E-state index in [4.69, 9.17) is 12.2 Å². The van der Waals surface area contributed by atoms with Crippen molar-refractivity contribution >= 4 is 29.3 Å². The lowest BCUT2D eigenvalue weighted by molar-refractivity contribution is -0.115. The monoisotopic (exact) mass is 364 g/mol. The second-order valence-electron chi connectivity index (χ2n) is 6.70. The SMILES string of the molecule is O=C(/C=C/c1ccccc1)NC(=S)N(Cc1ccccc1)CC1CCC1. The van der Waals surface area contributed by atoms with Gasteiger partial charge in [0.25, 0.3) is 0 Å². The molecule has 0 radical (unpaired) electrons. The standard InChI is InChI=1S/C22H24N2OS/c25-21(15-14-18-8-3-1-4-9-18)23-22(26)24(17-20-12-7-13-20)16-19-10-5-2-6-11-19/h1-6,8-11,14-15,20H,7,12-13,16-17H2,(H,23,25,26)/b15-14+. The van der Waals surface area contributed by atoms with Crippen molar-refractivity contribution < 1.29 is 4.79 Å². The van der Waals surface area contributed by atoms with Crippen LogP contribution < -0.4 is 5.32 Å². The molecule has 1 aliphatic carbocycles. The Balaban J connectivity index is 1.60. The van der Waals surface area contributed by atoms with E-state index in [9.17, 15) is 4.79 Å². The van der Waals surface area contributed by atoms with E-state index >= 15 is 0 Å². The second kappa shape index (κ2) is 9.30. The zero-order chi connectivity index (χ0) is 18.2. The number of rotatable bonds is 6. The highest BCUT2D eigenvalue weighted by atomic mass is 32.1. The highest BCUT2D eigenvalue weighted by Gasteiger charge is 2.22. The molecule has 0 aromatic heterocycles. The molecule has 1 fully saturated rings. The fourth-order valence-electron chi connectivity index (χ4n) is 2.97. The van der Waals surface area contributed by atoms with Crippen molar-refractivity contribution in [3.8, 4) is 0 Å². The first-order valence-electron chi connectivity index (χ1n) is 9.07. The first-order valence-corrected chi connectivity index (χ1v) is 9.48. The van der Waals surface area contributed by atoms with Gasteiger partial charge >= 0.3 is 0 Å². The minimum atomic E-state index is -0.189. The summed E-state index contributed by atoms with van der Waals surface area (Å²) in [6.45, 7) is 1.62. The summed E-state index contributed by atoms with van der Waals surface area (Å²) in [7, 11) is 0. The number of amides is 1. The van der Waals surface area contributed by atoms with Gasteiger partial charge in [0, 0.05) is 19.2 Å². The quantitative estimate of drug-likeness (QED) is 0.609. The van der Waals surface area contributed by atoms with Crippen molar-refractivity contribution in [1.82, 2.24) is 10.2 Å². The van der Waals surface area contributed by atoms with Crippen molar-refractivity contribution in [2.45, 2.75) is 25.8 Å². The normalized spacial score (nSPS) is 14.0. The summed E-state index contributed by atoms with van der Waals surface area (Å²) in [6.07, 6.45) is 7.12. The van der Waals surface area contributed by atoms with Crippen LogP contribution in [0.25, 0.3) is 6.08 Å². The first kappa shape index (κ1) is 18.3. The van der Waals surface area contributed by atoms with Gasteiger partial charge in [-0.05, 0) is 48.2 Å². The summed E-state index contributed by atoms with van der Waals surface area (Å²) in [5.41, 5.74) is 2.19. The molecule has 26 heavy (non-hydrogen) atoms. The Morgan fingerprint density at radius 1 is 1.08 bits per heavy atom. The number of nitrogens with one attached hydrogen (secondary N) is 1. The molecule has 0 aliphatic heterocycles. The fourth-order valence-corrected chi connectivity index (χ4v) is 3.21. The lowest BCUT2D eigenvalue weighted by Crippen LogP contribution is -2.44. The van der Waals surface area contributed by atoms with Crippen LogP contribution in [0.15, 0.2) is 66.7 Å². The van der Waals surface area contributed by atoms with E-state index < -0.39 is 0 Å². The summed E-state index contributed by atoms with van der Waals surface area (Å²) in [4.78, 5) is 14.4. The van der Waals surface area contributed by atoms with Crippen LogP contribution in [0.5, 0.6) is 0 Å². The molecule has 3 nitrogen and oxygen atoms in total. The maximum absolute atomic E-state index is 12.2. The van der Waals surface area contributed by atoms with Gasteiger partial charge in [0.15, 0.2) is 5.11 Å². The minimum Gasteiger partial charge on any atom is -0.344 e. The minimum absolute atomic E-state index is 0.189. The maximum Gasteiger partial charge on any atom is 0.250 e. The molecule has 4 heteroatoms. The van der Waals surface area contributed by atoms with Crippen LogP contribution in [0.1, 0.15) is 30.4 Å². The Labute approximate surface area is 160 Å². The van der Waals surface area contributed by atoms with Crippen molar-refractivity contribution in [3.63, 3.8) is 0 Å². The maximum atomic E-state index is 12.2. The number of carbonyl (C=O) groups is 1. The smallest absolute Gasteiger partial charge is 0.250 e. The van der Waals surface area contributed by atoms with Crippen molar-refractivity contribution in [3.05, 3.63) is 77.9 Å². The summed E-state index contributed by atoms with van der Waals surface area (Å²) < 4.78 is 0. The van der Waals surface area contributed by atoms with Crippen molar-refractivity contribution in [2.75, 3.05) is 6.54 Å². The molecule has 1 amide bonds. The van der Waals surface area contributed by atoms with Crippen LogP contribution in [0, 0.1) is 5.92 Å². The van der Waals surface area contributed by atoms with Crippen LogP contribution in [-0.2, 0) is 11.3 Å². The zero-order valence-corrected chi connectivity index (χ0v) is 15.6. The number of thiocarbonyl (C=S) groups is 1. The Bertz CT molecular complexity index is 754. The molecular weight excluding hydrogens is 340 g/mol. The van der Waals surface area contributed by atoms with Crippen molar-refractivity contribution in [1.29, 1.82) is 0 Å². The summed E-state index contributed by atoms with van der Waals surface area (Å²) in [6, 6.07) is 20.0. The third kappa shape index (κ3) is 5.53. The fraction of sp³-hybridized carbons (Fsp3) is 0.273. The Hall–Kier alpha value is -2.46. The van der Waals surface area contributed by atoms with Crippen LogP contribution in [0.2, 0.25) is 0 Å². The van der Waals surface area contributed by atoms with Crippen LogP contribution in [0.4, 0.5) is 0 Å². The molecule has 1 aliphatic rings. The first-order chi connectivity index (χ1) is 12.7. The number of hydrogen-bond acceptors (Lipinski definition) is 2. The van der Waals surface area contributed by atoms with Gasteiger partial charge in [-0.15, -0.1) is 0 Å². The largest absolute Gasteiger partial charge is 0.344 e. The zero-order valence-electron chi connectivity index (χ0n) is 14.8. The highest BCUT2D eigenvalue weighted by molar-refractivity contribution is 7.80. The lowest BCUT2D eigenvalue weighted by Gasteiger charge is -2.33. The Morgan fingerprint density at radius 2 is 1.73 bits per heavy atom. The van der Waals surface area contributed by atoms with E-state index in [0.717, 1.165) is 18.7 Å². The lowest BCUT2D eigenvalue weighted by atomic mass is 9.85. The van der Waals surface area contributed by atoms with Gasteiger partial charge < -0.3 is 4.90 Å². The summed E-state index contributed by atoms with van der Waals surface area (Å²) >= 11 is 5.53. The Kier molecular flexibility index (Phi) is 6.56. The van der Waals surface area contributed by atoms with Gasteiger partial charge in [0.05, 0.1) is 0 Å². The average molecular weight is 365 g/mol. The molecule has 2 aromatic rings. The van der Waals surface area contributed by atoms with Gasteiger partial charge in [-0.2, -0.15) is 0 Å². The van der Waals surface area contributed by atoms with Gasteiger partial charge in [-0.1, -0.05) is 67.1 Å². The van der Waals surface area contributed by atoms with Gasteiger partial charge in [0.1, 0.15) is 0 Å². The number of hydrogen-bond donors (Lipinski definition) is 1. The van der Waals surface area contributed by atoms with E-state index in [1.54, 1.807) is 6.08 Å². The molecule has 1 saturated carbocycles. The van der Waals surface area contributed by atoms with Gasteiger partial charge in [-0.25, -0.2) is 0 Å². The van der Waals surface area contributed by atoms with E-state index in [0.29, 0.717) is 11.0 Å². The topological polar surface area (TPSA) is 32.3 Å². The van der Waals surface area contributed by atoms with E-state index in [2.05, 4.69) is 22.3 Å². The molecule has 0 spiro atoms. The molecule has 2 aromatic carbocycles. The summed E-state index contributed by atoms with van der Waals surface area (Å²) in [5.74, 6) is 0.485. The molecule has 0 unspecified atom stereocenters. The molecule has 0 heterocycles. The van der Waals surface area contributed by atoms with Crippen molar-refractivity contribution in [2.24, 2.45) is 5.92 Å². The van der Waals surface area contributed by atoms with Crippen LogP contribution in [0.3, 0.4) is 0 Å². The molecule has 134 valence electrons. The predicted octanol–water partition coefficient (Wildman–Crippen LogP) is 4.40. The van der Waals surface area contributed by atoms with E-state index in [1.807, 2.05) is 48.5 Å². The van der Waals surface area contributed by atoms with Gasteiger partial charge in [0.2, 0.25) is 5.91 Å². The molecule has 0 bridgehead atoms. The highest BCUT2D eigenvalue weighted by Crippen LogP contribution is 2.27. The average Bonchev–Trinajstić information content (AvgIpc) is 2.63. The summed E-state index contributed by atoms with van der Waals surface area (Å²) in [5, 5.41) is 3.36. The third-order valence-corrected chi connectivity index (χ3v) is 5.02. The Morgan fingerprint density at radius 3 is 2.35 bits per heavy atom. The molecule has 0 atom stereocenters. The van der Waals surface area contributed by atoms with Crippen LogP contribution >= 0.6 is 12.2 Å². The molecule has 1 N–H and O–H groups in total. The second-order valence-corrected chi connectivity index (χ2v) is 7.09. The number of carbonyl (C=O) groups excluding carboxylic acids is 1. The van der Waals surface area contributed by atoms with E-state index in [1.165, 1.54) is 30.9 Å². The third-order valence-electron chi connectivity index (χ3n) is 4.66. The predicted molar refractivity (Wildman–Crippen MR) is 110 cm³/mol. The number of nitrogens with zero attached hydrogens (tertiary/aromatic N) is 1. The molecule has 3 rings (SSSR count). The van der Waals surface area contributed by atoms with Gasteiger partial charge in [-0.3, -0.25) is 10.1 Å². The van der Waals surface area contributed by atoms with Crippen LogP contribution in [-0.4, -0.2) is 22.5 Å². The molecular formula is C22H24N2OS. The van der Waals surface area contributed by atoms with E-state index in [-0.39, 0.29) is 5.91 Å². The molecule has 0 saturated heterocycles.